The quantitative estimate of drug-likeness (QED) is 0.189. The summed E-state index contributed by atoms with van der Waals surface area (Å²) in [4.78, 5) is 0. The third-order valence-corrected chi connectivity index (χ3v) is 10.5. The standard InChI is InChI=1S/C14H28N2.C14H16N2.C6H14N2.C4H12N2.C2H8N2/c2*15-13(11-7-3-1-4-8-11)14(16)12-9-5-2-6-10-12;7-5-3-1-2-4-6(5)8;1-3(5)4(2)6;3-1-2-4/h11-14H,1-10,15-16H2;1-10,13-14H,15-16H2;5-6H,1-4,7-8H2;3-4H,5-6H2,1-2H3;1-4H2. The van der Waals surface area contributed by atoms with E-state index in [1.165, 1.54) is 77.0 Å². The molecule has 0 heterocycles. The minimum Gasteiger partial charge on any atom is -0.329 e. The molecule has 0 bridgehead atoms. The topological polar surface area (TPSA) is 260 Å². The molecule has 3 saturated carbocycles. The molecule has 288 valence electrons. The van der Waals surface area contributed by atoms with Gasteiger partial charge in [0.2, 0.25) is 0 Å². The molecule has 0 aliphatic heterocycles. The average molecular weight is 699 g/mol. The summed E-state index contributed by atoms with van der Waals surface area (Å²) in [5.74, 6) is 1.43. The van der Waals surface area contributed by atoms with Gasteiger partial charge in [-0.1, -0.05) is 112 Å². The molecule has 0 saturated heterocycles. The van der Waals surface area contributed by atoms with Crippen molar-refractivity contribution in [3.63, 3.8) is 0 Å². The highest BCUT2D eigenvalue weighted by molar-refractivity contribution is 5.26. The molecule has 10 nitrogen and oxygen atoms in total. The number of hydrogen-bond acceptors (Lipinski definition) is 10. The van der Waals surface area contributed by atoms with E-state index in [0.717, 1.165) is 24.0 Å². The van der Waals surface area contributed by atoms with Gasteiger partial charge in [-0.3, -0.25) is 0 Å². The lowest BCUT2D eigenvalue weighted by atomic mass is 9.75. The molecule has 50 heavy (non-hydrogen) atoms. The Hall–Kier alpha value is -1.96. The summed E-state index contributed by atoms with van der Waals surface area (Å²) in [6.45, 7) is 4.98. The number of benzene rings is 2. The molecular weight excluding hydrogens is 621 g/mol. The monoisotopic (exact) mass is 699 g/mol. The lowest BCUT2D eigenvalue weighted by Crippen LogP contribution is -2.51. The van der Waals surface area contributed by atoms with Gasteiger partial charge in [0.1, 0.15) is 0 Å². The zero-order valence-corrected chi connectivity index (χ0v) is 31.6. The SMILES string of the molecule is CC(N)C(C)N.NC(C1CCCCC1)C(N)C1CCCCC1.NC(c1ccccc1)C(N)c1ccccc1.NC1CCCCC1N.NCCN. The summed E-state index contributed by atoms with van der Waals surface area (Å²) in [5, 5.41) is 0. The van der Waals surface area contributed by atoms with Gasteiger partial charge < -0.3 is 57.3 Å². The Balaban J connectivity index is 0.000000342. The molecular formula is C40H78N10. The highest BCUT2D eigenvalue weighted by atomic mass is 14.8. The predicted molar refractivity (Wildman–Crippen MR) is 216 cm³/mol. The first-order chi connectivity index (χ1) is 23.9. The minimum atomic E-state index is -0.163. The van der Waals surface area contributed by atoms with Crippen molar-refractivity contribution in [1.29, 1.82) is 0 Å². The van der Waals surface area contributed by atoms with Crippen LogP contribution in [0.5, 0.6) is 0 Å². The normalized spacial score (nSPS) is 23.2. The Morgan fingerprint density at radius 3 is 0.980 bits per heavy atom. The first kappa shape index (κ1) is 46.1. The molecule has 20 N–H and O–H groups in total. The number of hydrogen-bond donors (Lipinski definition) is 10. The van der Waals surface area contributed by atoms with Crippen molar-refractivity contribution in [3.05, 3.63) is 71.8 Å². The highest BCUT2D eigenvalue weighted by Crippen LogP contribution is 2.32. The summed E-state index contributed by atoms with van der Waals surface area (Å²) in [7, 11) is 0. The van der Waals surface area contributed by atoms with Gasteiger partial charge in [-0.05, 0) is 75.3 Å². The second-order valence-corrected chi connectivity index (χ2v) is 14.7. The van der Waals surface area contributed by atoms with Crippen LogP contribution in [-0.4, -0.2) is 49.3 Å². The van der Waals surface area contributed by atoms with Crippen LogP contribution in [0.2, 0.25) is 0 Å². The van der Waals surface area contributed by atoms with Gasteiger partial charge in [0.25, 0.3) is 0 Å². The molecule has 0 amide bonds. The molecule has 2 aromatic rings. The molecule has 3 aliphatic rings. The Morgan fingerprint density at radius 1 is 0.460 bits per heavy atom. The zero-order valence-electron chi connectivity index (χ0n) is 31.6. The molecule has 0 spiro atoms. The van der Waals surface area contributed by atoms with E-state index < -0.39 is 0 Å². The lowest BCUT2D eigenvalue weighted by molar-refractivity contribution is 0.210. The average Bonchev–Trinajstić information content (AvgIpc) is 3.17. The van der Waals surface area contributed by atoms with Crippen molar-refractivity contribution in [2.75, 3.05) is 13.1 Å². The maximum atomic E-state index is 6.40. The van der Waals surface area contributed by atoms with Crippen molar-refractivity contribution in [3.8, 4) is 0 Å². The number of rotatable bonds is 8. The van der Waals surface area contributed by atoms with Crippen molar-refractivity contribution in [2.45, 2.75) is 152 Å². The van der Waals surface area contributed by atoms with Crippen LogP contribution in [0.25, 0.3) is 0 Å². The van der Waals surface area contributed by atoms with Crippen LogP contribution >= 0.6 is 0 Å². The second kappa shape index (κ2) is 27.7. The first-order valence-corrected chi connectivity index (χ1v) is 19.5. The van der Waals surface area contributed by atoms with E-state index in [4.69, 9.17) is 57.3 Å². The van der Waals surface area contributed by atoms with E-state index in [1.54, 1.807) is 0 Å². The van der Waals surface area contributed by atoms with Gasteiger partial charge >= 0.3 is 0 Å². The smallest absolute Gasteiger partial charge is 0.0491 e. The van der Waals surface area contributed by atoms with E-state index >= 15 is 0 Å². The van der Waals surface area contributed by atoms with E-state index in [0.29, 0.717) is 24.9 Å². The maximum Gasteiger partial charge on any atom is 0.0491 e. The Bertz CT molecular complexity index is 945. The van der Waals surface area contributed by atoms with Crippen molar-refractivity contribution in [1.82, 2.24) is 0 Å². The molecule has 8 atom stereocenters. The molecule has 5 rings (SSSR count). The van der Waals surface area contributed by atoms with Crippen molar-refractivity contribution in [2.24, 2.45) is 69.2 Å². The largest absolute Gasteiger partial charge is 0.329 e. The van der Waals surface area contributed by atoms with Crippen molar-refractivity contribution < 1.29 is 0 Å². The summed E-state index contributed by atoms with van der Waals surface area (Å²) in [5.41, 5.74) is 59.0. The van der Waals surface area contributed by atoms with Crippen LogP contribution in [0.15, 0.2) is 60.7 Å². The highest BCUT2D eigenvalue weighted by Gasteiger charge is 2.31. The fraction of sp³-hybridized carbons (Fsp3) is 0.700. The molecule has 10 heteroatoms. The summed E-state index contributed by atoms with van der Waals surface area (Å²) in [6.07, 6.45) is 18.4. The summed E-state index contributed by atoms with van der Waals surface area (Å²) < 4.78 is 0. The van der Waals surface area contributed by atoms with Gasteiger partial charge in [-0.15, -0.1) is 0 Å². The summed E-state index contributed by atoms with van der Waals surface area (Å²) >= 11 is 0. The fourth-order valence-corrected chi connectivity index (χ4v) is 6.62. The molecule has 8 unspecified atom stereocenters. The van der Waals surface area contributed by atoms with Gasteiger partial charge in [-0.2, -0.15) is 0 Å². The van der Waals surface area contributed by atoms with Crippen LogP contribution in [-0.2, 0) is 0 Å². The van der Waals surface area contributed by atoms with Crippen LogP contribution in [0.3, 0.4) is 0 Å². The van der Waals surface area contributed by atoms with Crippen LogP contribution in [0.1, 0.15) is 127 Å². The Labute approximate surface area is 305 Å². The van der Waals surface area contributed by atoms with Crippen LogP contribution < -0.4 is 57.3 Å². The van der Waals surface area contributed by atoms with Crippen LogP contribution in [0, 0.1) is 11.8 Å². The molecule has 0 radical (unpaired) electrons. The third-order valence-electron chi connectivity index (χ3n) is 10.5. The van der Waals surface area contributed by atoms with Gasteiger partial charge in [-0.25, -0.2) is 0 Å². The van der Waals surface area contributed by atoms with E-state index in [2.05, 4.69) is 0 Å². The third kappa shape index (κ3) is 19.0. The van der Waals surface area contributed by atoms with E-state index in [1.807, 2.05) is 74.5 Å². The lowest BCUT2D eigenvalue weighted by Gasteiger charge is -2.37. The van der Waals surface area contributed by atoms with Crippen molar-refractivity contribution >= 4 is 0 Å². The molecule has 3 fully saturated rings. The van der Waals surface area contributed by atoms with Gasteiger partial charge in [0.05, 0.1) is 0 Å². The molecule has 0 aromatic heterocycles. The molecule has 2 aromatic carbocycles. The maximum absolute atomic E-state index is 6.40. The minimum absolute atomic E-state index is 0.130. The fourth-order valence-electron chi connectivity index (χ4n) is 6.62. The van der Waals surface area contributed by atoms with Gasteiger partial charge in [0, 0.05) is 61.4 Å². The van der Waals surface area contributed by atoms with Gasteiger partial charge in [0.15, 0.2) is 0 Å². The Morgan fingerprint density at radius 2 is 0.740 bits per heavy atom. The summed E-state index contributed by atoms with van der Waals surface area (Å²) in [6, 6.07) is 20.9. The zero-order chi connectivity index (χ0) is 37.3. The van der Waals surface area contributed by atoms with Crippen LogP contribution in [0.4, 0.5) is 0 Å². The second-order valence-electron chi connectivity index (χ2n) is 14.7. The predicted octanol–water partition coefficient (Wildman–Crippen LogP) is 3.99. The first-order valence-electron chi connectivity index (χ1n) is 19.5. The van der Waals surface area contributed by atoms with E-state index in [-0.39, 0.29) is 48.3 Å². The molecule has 3 aliphatic carbocycles. The van der Waals surface area contributed by atoms with E-state index in [9.17, 15) is 0 Å². The Kier molecular flexibility index (Phi) is 25.5. The number of nitrogens with two attached hydrogens (primary N) is 10.